The molecular formula is C12H12ClNO2. The van der Waals surface area contributed by atoms with E-state index in [1.54, 1.807) is 17.0 Å². The quantitative estimate of drug-likeness (QED) is 0.804. The third-order valence-electron chi connectivity index (χ3n) is 2.71. The Bertz CT molecular complexity index is 445. The molecule has 1 aliphatic rings. The SMILES string of the molecule is C=CC1CC(=O)N(c2cc(O)ccc2Cl)C1. The molecule has 1 unspecified atom stereocenters. The van der Waals surface area contributed by atoms with E-state index >= 15 is 0 Å². The maximum absolute atomic E-state index is 11.7. The number of anilines is 1. The number of carbonyl (C=O) groups is 1. The second kappa shape index (κ2) is 4.18. The van der Waals surface area contributed by atoms with Gasteiger partial charge >= 0.3 is 0 Å². The highest BCUT2D eigenvalue weighted by molar-refractivity contribution is 6.34. The Hall–Kier alpha value is -1.48. The fourth-order valence-corrected chi connectivity index (χ4v) is 2.05. The maximum Gasteiger partial charge on any atom is 0.227 e. The minimum atomic E-state index is 0.0115. The molecule has 0 radical (unpaired) electrons. The first-order chi connectivity index (χ1) is 7.61. The molecule has 2 rings (SSSR count). The Morgan fingerprint density at radius 3 is 2.94 bits per heavy atom. The van der Waals surface area contributed by atoms with E-state index < -0.39 is 0 Å². The number of halogens is 1. The second-order valence-corrected chi connectivity index (χ2v) is 4.25. The molecule has 1 saturated heterocycles. The third kappa shape index (κ3) is 1.91. The normalized spacial score (nSPS) is 20.2. The van der Waals surface area contributed by atoms with E-state index in [-0.39, 0.29) is 17.6 Å². The predicted molar refractivity (Wildman–Crippen MR) is 63.8 cm³/mol. The Morgan fingerprint density at radius 2 is 2.31 bits per heavy atom. The van der Waals surface area contributed by atoms with Crippen LogP contribution in [-0.2, 0) is 4.79 Å². The van der Waals surface area contributed by atoms with E-state index in [1.807, 2.05) is 0 Å². The van der Waals surface area contributed by atoms with Crippen LogP contribution in [0, 0.1) is 5.92 Å². The summed E-state index contributed by atoms with van der Waals surface area (Å²) in [7, 11) is 0. The highest BCUT2D eigenvalue weighted by atomic mass is 35.5. The zero-order valence-electron chi connectivity index (χ0n) is 8.69. The number of carbonyl (C=O) groups excluding carboxylic acids is 1. The molecule has 1 aliphatic heterocycles. The summed E-state index contributed by atoms with van der Waals surface area (Å²) in [6, 6.07) is 4.59. The van der Waals surface area contributed by atoms with Crippen molar-refractivity contribution in [1.82, 2.24) is 0 Å². The van der Waals surface area contributed by atoms with Gasteiger partial charge in [0.25, 0.3) is 0 Å². The van der Waals surface area contributed by atoms with Crippen molar-refractivity contribution in [2.45, 2.75) is 6.42 Å². The number of phenolic OH excluding ortho intramolecular Hbond substituents is 1. The lowest BCUT2D eigenvalue weighted by molar-refractivity contribution is -0.117. The summed E-state index contributed by atoms with van der Waals surface area (Å²) in [5.74, 6) is 0.276. The first-order valence-electron chi connectivity index (χ1n) is 5.03. The highest BCUT2D eigenvalue weighted by Crippen LogP contribution is 2.33. The van der Waals surface area contributed by atoms with E-state index in [4.69, 9.17) is 11.6 Å². The zero-order valence-corrected chi connectivity index (χ0v) is 9.44. The van der Waals surface area contributed by atoms with Crippen molar-refractivity contribution < 1.29 is 9.90 Å². The van der Waals surface area contributed by atoms with Crippen LogP contribution in [0.3, 0.4) is 0 Å². The van der Waals surface area contributed by atoms with Crippen LogP contribution in [0.2, 0.25) is 5.02 Å². The first-order valence-corrected chi connectivity index (χ1v) is 5.41. The molecule has 0 aliphatic carbocycles. The summed E-state index contributed by atoms with van der Waals surface area (Å²) in [5, 5.41) is 9.86. The second-order valence-electron chi connectivity index (χ2n) is 3.84. The van der Waals surface area contributed by atoms with Gasteiger partial charge in [0.05, 0.1) is 10.7 Å². The van der Waals surface area contributed by atoms with Gasteiger partial charge in [0, 0.05) is 24.9 Å². The number of hydrogen-bond acceptors (Lipinski definition) is 2. The van der Waals surface area contributed by atoms with Gasteiger partial charge in [-0.15, -0.1) is 6.58 Å². The summed E-state index contributed by atoms with van der Waals surface area (Å²) in [6.07, 6.45) is 2.23. The Labute approximate surface area is 98.9 Å². The summed E-state index contributed by atoms with van der Waals surface area (Å²) >= 11 is 6.00. The number of hydrogen-bond donors (Lipinski definition) is 1. The average Bonchev–Trinajstić information content (AvgIpc) is 2.63. The van der Waals surface area contributed by atoms with Gasteiger partial charge in [-0.05, 0) is 12.1 Å². The number of nitrogens with zero attached hydrogens (tertiary/aromatic N) is 1. The fraction of sp³-hybridized carbons (Fsp3) is 0.250. The molecule has 0 aromatic heterocycles. The average molecular weight is 238 g/mol. The minimum Gasteiger partial charge on any atom is -0.508 e. The van der Waals surface area contributed by atoms with Gasteiger partial charge < -0.3 is 10.0 Å². The van der Waals surface area contributed by atoms with Gasteiger partial charge in [-0.1, -0.05) is 17.7 Å². The molecule has 3 nitrogen and oxygen atoms in total. The molecule has 1 heterocycles. The summed E-state index contributed by atoms with van der Waals surface area (Å²) in [5.41, 5.74) is 0.566. The maximum atomic E-state index is 11.7. The fourth-order valence-electron chi connectivity index (χ4n) is 1.83. The van der Waals surface area contributed by atoms with Crippen molar-refractivity contribution in [3.05, 3.63) is 35.9 Å². The molecular weight excluding hydrogens is 226 g/mol. The Morgan fingerprint density at radius 1 is 1.56 bits per heavy atom. The predicted octanol–water partition coefficient (Wildman–Crippen LogP) is 2.58. The number of amides is 1. The van der Waals surface area contributed by atoms with Crippen LogP contribution in [0.1, 0.15) is 6.42 Å². The molecule has 1 amide bonds. The number of phenols is 1. The molecule has 1 fully saturated rings. The van der Waals surface area contributed by atoms with Gasteiger partial charge in [0.2, 0.25) is 5.91 Å². The van der Waals surface area contributed by atoms with Gasteiger partial charge in [-0.25, -0.2) is 0 Å². The molecule has 84 valence electrons. The molecule has 1 aromatic rings. The molecule has 1 N–H and O–H groups in total. The van der Waals surface area contributed by atoms with Crippen LogP contribution in [0.25, 0.3) is 0 Å². The molecule has 4 heteroatoms. The van der Waals surface area contributed by atoms with Crippen molar-refractivity contribution in [1.29, 1.82) is 0 Å². The van der Waals surface area contributed by atoms with Crippen molar-refractivity contribution in [2.24, 2.45) is 5.92 Å². The zero-order chi connectivity index (χ0) is 11.7. The summed E-state index contributed by atoms with van der Waals surface area (Å²) in [4.78, 5) is 13.3. The Kier molecular flexibility index (Phi) is 2.88. The monoisotopic (exact) mass is 237 g/mol. The summed E-state index contributed by atoms with van der Waals surface area (Å²) in [6.45, 7) is 4.26. The van der Waals surface area contributed by atoms with Gasteiger partial charge in [-0.2, -0.15) is 0 Å². The van der Waals surface area contributed by atoms with E-state index in [1.165, 1.54) is 12.1 Å². The van der Waals surface area contributed by atoms with Crippen LogP contribution in [-0.4, -0.2) is 17.6 Å². The van der Waals surface area contributed by atoms with Crippen LogP contribution in [0.5, 0.6) is 5.75 Å². The lowest BCUT2D eigenvalue weighted by atomic mass is 10.1. The van der Waals surface area contributed by atoms with E-state index in [0.717, 1.165) is 0 Å². The van der Waals surface area contributed by atoms with Crippen LogP contribution >= 0.6 is 11.6 Å². The van der Waals surface area contributed by atoms with Crippen molar-refractivity contribution >= 4 is 23.2 Å². The smallest absolute Gasteiger partial charge is 0.227 e. The standard InChI is InChI=1S/C12H12ClNO2/c1-2-8-5-12(16)14(7-8)11-6-9(15)3-4-10(11)13/h2-4,6,8,15H,1,5,7H2. The molecule has 1 atom stereocenters. The van der Waals surface area contributed by atoms with Crippen molar-refractivity contribution in [3.63, 3.8) is 0 Å². The minimum absolute atomic E-state index is 0.0115. The van der Waals surface area contributed by atoms with Crippen molar-refractivity contribution in [2.75, 3.05) is 11.4 Å². The van der Waals surface area contributed by atoms with Gasteiger partial charge in [0.1, 0.15) is 5.75 Å². The lowest BCUT2D eigenvalue weighted by Crippen LogP contribution is -2.24. The first kappa shape index (κ1) is 11.0. The topological polar surface area (TPSA) is 40.5 Å². The Balaban J connectivity index is 2.34. The molecule has 0 saturated carbocycles. The number of aromatic hydroxyl groups is 1. The largest absolute Gasteiger partial charge is 0.508 e. The van der Waals surface area contributed by atoms with E-state index in [0.29, 0.717) is 23.7 Å². The van der Waals surface area contributed by atoms with Crippen LogP contribution in [0.4, 0.5) is 5.69 Å². The summed E-state index contributed by atoms with van der Waals surface area (Å²) < 4.78 is 0. The van der Waals surface area contributed by atoms with Crippen LogP contribution in [0.15, 0.2) is 30.9 Å². The lowest BCUT2D eigenvalue weighted by Gasteiger charge is -2.17. The number of benzene rings is 1. The molecule has 0 bridgehead atoms. The molecule has 1 aromatic carbocycles. The van der Waals surface area contributed by atoms with Crippen LogP contribution < -0.4 is 4.90 Å². The van der Waals surface area contributed by atoms with Gasteiger partial charge in [-0.3, -0.25) is 4.79 Å². The third-order valence-corrected chi connectivity index (χ3v) is 3.03. The van der Waals surface area contributed by atoms with E-state index in [2.05, 4.69) is 6.58 Å². The highest BCUT2D eigenvalue weighted by Gasteiger charge is 2.29. The van der Waals surface area contributed by atoms with Crippen molar-refractivity contribution in [3.8, 4) is 5.75 Å². The molecule has 0 spiro atoms. The molecule has 16 heavy (non-hydrogen) atoms. The van der Waals surface area contributed by atoms with E-state index in [9.17, 15) is 9.90 Å². The van der Waals surface area contributed by atoms with Gasteiger partial charge in [0.15, 0.2) is 0 Å². The number of rotatable bonds is 2.